The highest BCUT2D eigenvalue weighted by atomic mass is 16.5. The average Bonchev–Trinajstić information content (AvgIpc) is 2.51. The molecule has 2 aromatic rings. The molecule has 0 aliphatic heterocycles. The maximum Gasteiger partial charge on any atom is 0.137 e. The lowest BCUT2D eigenvalue weighted by atomic mass is 10.1. The number of aliphatic hydroxyl groups excluding tert-OH is 1. The SMILES string of the molecule is Cc1ccc(OCCCOc2ccc(CO)nc2)cc1C. The first kappa shape index (κ1) is 15.3. The Bertz CT molecular complexity index is 567. The summed E-state index contributed by atoms with van der Waals surface area (Å²) in [4.78, 5) is 4.06. The van der Waals surface area contributed by atoms with E-state index in [9.17, 15) is 0 Å². The number of hydrogen-bond acceptors (Lipinski definition) is 4. The van der Waals surface area contributed by atoms with Crippen molar-refractivity contribution in [2.75, 3.05) is 13.2 Å². The molecular weight excluding hydrogens is 266 g/mol. The van der Waals surface area contributed by atoms with Gasteiger partial charge in [-0.15, -0.1) is 0 Å². The van der Waals surface area contributed by atoms with Crippen LogP contribution in [0.1, 0.15) is 23.2 Å². The zero-order valence-corrected chi connectivity index (χ0v) is 12.5. The molecular formula is C17H21NO3. The van der Waals surface area contributed by atoms with Gasteiger partial charge in [-0.2, -0.15) is 0 Å². The second-order valence-corrected chi connectivity index (χ2v) is 4.94. The van der Waals surface area contributed by atoms with E-state index in [4.69, 9.17) is 14.6 Å². The monoisotopic (exact) mass is 287 g/mol. The predicted octanol–water partition coefficient (Wildman–Crippen LogP) is 3.04. The van der Waals surface area contributed by atoms with Gasteiger partial charge in [0.05, 0.1) is 31.7 Å². The molecule has 0 radical (unpaired) electrons. The van der Waals surface area contributed by atoms with Crippen LogP contribution in [0.15, 0.2) is 36.5 Å². The zero-order valence-electron chi connectivity index (χ0n) is 12.5. The van der Waals surface area contributed by atoms with Crippen LogP contribution in [-0.4, -0.2) is 23.3 Å². The molecule has 1 heterocycles. The molecule has 2 rings (SSSR count). The molecule has 0 amide bonds. The zero-order chi connectivity index (χ0) is 15.1. The first-order chi connectivity index (χ1) is 10.2. The fourth-order valence-electron chi connectivity index (χ4n) is 1.83. The van der Waals surface area contributed by atoms with Gasteiger partial charge in [0.1, 0.15) is 11.5 Å². The third-order valence-corrected chi connectivity index (χ3v) is 3.26. The molecule has 21 heavy (non-hydrogen) atoms. The molecule has 112 valence electrons. The number of nitrogens with zero attached hydrogens (tertiary/aromatic N) is 1. The molecule has 0 aliphatic carbocycles. The number of rotatable bonds is 7. The van der Waals surface area contributed by atoms with Crippen LogP contribution in [0.2, 0.25) is 0 Å². The minimum absolute atomic E-state index is 0.0515. The molecule has 1 aromatic heterocycles. The number of aromatic nitrogens is 1. The van der Waals surface area contributed by atoms with Crippen molar-refractivity contribution in [1.82, 2.24) is 4.98 Å². The number of aryl methyl sites for hydroxylation is 2. The van der Waals surface area contributed by atoms with Gasteiger partial charge in [-0.3, -0.25) is 4.98 Å². The highest BCUT2D eigenvalue weighted by Gasteiger charge is 1.99. The fraction of sp³-hybridized carbons (Fsp3) is 0.353. The predicted molar refractivity (Wildman–Crippen MR) is 81.7 cm³/mol. The van der Waals surface area contributed by atoms with E-state index in [-0.39, 0.29) is 6.61 Å². The van der Waals surface area contributed by atoms with Crippen LogP contribution >= 0.6 is 0 Å². The third kappa shape index (κ3) is 4.76. The molecule has 0 spiro atoms. The Hall–Kier alpha value is -2.07. The molecule has 4 nitrogen and oxygen atoms in total. The molecule has 0 saturated carbocycles. The van der Waals surface area contributed by atoms with Crippen LogP contribution in [0.5, 0.6) is 11.5 Å². The lowest BCUT2D eigenvalue weighted by Crippen LogP contribution is -2.05. The highest BCUT2D eigenvalue weighted by Crippen LogP contribution is 2.16. The van der Waals surface area contributed by atoms with Gasteiger partial charge in [-0.25, -0.2) is 0 Å². The summed E-state index contributed by atoms with van der Waals surface area (Å²) in [6.07, 6.45) is 2.42. The van der Waals surface area contributed by atoms with Crippen molar-refractivity contribution < 1.29 is 14.6 Å². The Balaban J connectivity index is 1.68. The number of ether oxygens (including phenoxy) is 2. The molecule has 0 bridgehead atoms. The van der Waals surface area contributed by atoms with Crippen molar-refractivity contribution >= 4 is 0 Å². The lowest BCUT2D eigenvalue weighted by molar-refractivity contribution is 0.246. The molecule has 0 saturated heterocycles. The van der Waals surface area contributed by atoms with E-state index in [1.165, 1.54) is 11.1 Å². The Morgan fingerprint density at radius 1 is 0.952 bits per heavy atom. The van der Waals surface area contributed by atoms with Crippen molar-refractivity contribution in [3.05, 3.63) is 53.3 Å². The minimum Gasteiger partial charge on any atom is -0.493 e. The number of aliphatic hydroxyl groups is 1. The smallest absolute Gasteiger partial charge is 0.137 e. The van der Waals surface area contributed by atoms with E-state index in [0.29, 0.717) is 24.7 Å². The summed E-state index contributed by atoms with van der Waals surface area (Å²) in [7, 11) is 0. The molecule has 0 aliphatic rings. The van der Waals surface area contributed by atoms with Gasteiger partial charge >= 0.3 is 0 Å². The van der Waals surface area contributed by atoms with Crippen LogP contribution in [0.3, 0.4) is 0 Å². The summed E-state index contributed by atoms with van der Waals surface area (Å²) in [5.41, 5.74) is 3.14. The molecule has 4 heteroatoms. The first-order valence-corrected chi connectivity index (χ1v) is 7.07. The topological polar surface area (TPSA) is 51.6 Å². The lowest BCUT2D eigenvalue weighted by Gasteiger charge is -2.09. The van der Waals surface area contributed by atoms with Crippen molar-refractivity contribution in [3.8, 4) is 11.5 Å². The Kier molecular flexibility index (Phi) is 5.58. The number of benzene rings is 1. The van der Waals surface area contributed by atoms with Crippen molar-refractivity contribution in [2.45, 2.75) is 26.9 Å². The second-order valence-electron chi connectivity index (χ2n) is 4.94. The Morgan fingerprint density at radius 3 is 2.29 bits per heavy atom. The fourth-order valence-corrected chi connectivity index (χ4v) is 1.83. The molecule has 0 unspecified atom stereocenters. The molecule has 0 fully saturated rings. The maximum atomic E-state index is 8.90. The molecule has 1 aromatic carbocycles. The summed E-state index contributed by atoms with van der Waals surface area (Å²) in [6.45, 7) is 5.30. The van der Waals surface area contributed by atoms with E-state index < -0.39 is 0 Å². The molecule has 1 N–H and O–H groups in total. The van der Waals surface area contributed by atoms with Crippen LogP contribution in [0.4, 0.5) is 0 Å². The standard InChI is InChI=1S/C17H21NO3/c1-13-4-6-16(10-14(13)2)20-8-3-9-21-17-7-5-15(12-19)18-11-17/h4-7,10-11,19H,3,8-9,12H2,1-2H3. The Morgan fingerprint density at radius 2 is 1.67 bits per heavy atom. The van der Waals surface area contributed by atoms with Gasteiger partial charge in [0.2, 0.25) is 0 Å². The van der Waals surface area contributed by atoms with E-state index in [0.717, 1.165) is 12.2 Å². The third-order valence-electron chi connectivity index (χ3n) is 3.26. The number of pyridine rings is 1. The molecule has 0 atom stereocenters. The van der Waals surface area contributed by atoms with E-state index in [2.05, 4.69) is 24.9 Å². The summed E-state index contributed by atoms with van der Waals surface area (Å²) < 4.78 is 11.2. The second kappa shape index (κ2) is 7.64. The maximum absolute atomic E-state index is 8.90. The van der Waals surface area contributed by atoms with Crippen LogP contribution in [0, 0.1) is 13.8 Å². The summed E-state index contributed by atoms with van der Waals surface area (Å²) in [6, 6.07) is 9.66. The number of hydrogen-bond donors (Lipinski definition) is 1. The van der Waals surface area contributed by atoms with Crippen molar-refractivity contribution in [1.29, 1.82) is 0 Å². The van der Waals surface area contributed by atoms with Crippen LogP contribution in [-0.2, 0) is 6.61 Å². The largest absolute Gasteiger partial charge is 0.493 e. The van der Waals surface area contributed by atoms with Crippen molar-refractivity contribution in [3.63, 3.8) is 0 Å². The van der Waals surface area contributed by atoms with Crippen LogP contribution in [0.25, 0.3) is 0 Å². The van der Waals surface area contributed by atoms with E-state index in [1.807, 2.05) is 18.2 Å². The van der Waals surface area contributed by atoms with E-state index >= 15 is 0 Å². The van der Waals surface area contributed by atoms with Gasteiger partial charge in [-0.1, -0.05) is 6.07 Å². The van der Waals surface area contributed by atoms with Gasteiger partial charge in [0.25, 0.3) is 0 Å². The summed E-state index contributed by atoms with van der Waals surface area (Å²) in [5, 5.41) is 8.90. The summed E-state index contributed by atoms with van der Waals surface area (Å²) in [5.74, 6) is 1.60. The normalized spacial score (nSPS) is 10.4. The first-order valence-electron chi connectivity index (χ1n) is 7.07. The van der Waals surface area contributed by atoms with Gasteiger partial charge in [0.15, 0.2) is 0 Å². The van der Waals surface area contributed by atoms with Gasteiger partial charge in [0, 0.05) is 6.42 Å². The van der Waals surface area contributed by atoms with Gasteiger partial charge < -0.3 is 14.6 Å². The quantitative estimate of drug-likeness (QED) is 0.795. The highest BCUT2D eigenvalue weighted by molar-refractivity contribution is 5.33. The van der Waals surface area contributed by atoms with Crippen molar-refractivity contribution in [2.24, 2.45) is 0 Å². The van der Waals surface area contributed by atoms with Gasteiger partial charge in [-0.05, 0) is 49.2 Å². The average molecular weight is 287 g/mol. The van der Waals surface area contributed by atoms with E-state index in [1.54, 1.807) is 12.3 Å². The summed E-state index contributed by atoms with van der Waals surface area (Å²) >= 11 is 0. The minimum atomic E-state index is -0.0515. The van der Waals surface area contributed by atoms with Crippen LogP contribution < -0.4 is 9.47 Å². The Labute approximate surface area is 125 Å².